The second kappa shape index (κ2) is 6.42. The third kappa shape index (κ3) is 6.62. The third-order valence-corrected chi connectivity index (χ3v) is 3.19. The van der Waals surface area contributed by atoms with E-state index in [1.54, 1.807) is 6.92 Å². The predicted octanol–water partition coefficient (Wildman–Crippen LogP) is 4.28. The summed E-state index contributed by atoms with van der Waals surface area (Å²) in [5.41, 5.74) is 1.08. The van der Waals surface area contributed by atoms with Gasteiger partial charge in [0.15, 0.2) is 0 Å². The SMILES string of the molecule is CCc1ccc(CC(C)(O)CCCC(F)(F)F)cc1. The van der Waals surface area contributed by atoms with Gasteiger partial charge in [-0.05, 0) is 37.3 Å². The summed E-state index contributed by atoms with van der Waals surface area (Å²) in [4.78, 5) is 0. The average molecular weight is 274 g/mol. The molecule has 0 heterocycles. The topological polar surface area (TPSA) is 20.2 Å². The van der Waals surface area contributed by atoms with E-state index in [1.165, 1.54) is 5.56 Å². The van der Waals surface area contributed by atoms with Crippen molar-refractivity contribution < 1.29 is 18.3 Å². The van der Waals surface area contributed by atoms with Crippen molar-refractivity contribution >= 4 is 0 Å². The first-order valence-corrected chi connectivity index (χ1v) is 6.59. The van der Waals surface area contributed by atoms with Gasteiger partial charge in [-0.25, -0.2) is 0 Å². The van der Waals surface area contributed by atoms with Crippen LogP contribution < -0.4 is 0 Å². The van der Waals surface area contributed by atoms with E-state index in [-0.39, 0.29) is 12.8 Å². The molecule has 1 rings (SSSR count). The molecule has 19 heavy (non-hydrogen) atoms. The maximum absolute atomic E-state index is 12.1. The Hall–Kier alpha value is -1.03. The van der Waals surface area contributed by atoms with Gasteiger partial charge in [-0.2, -0.15) is 13.2 Å². The molecule has 0 aliphatic rings. The van der Waals surface area contributed by atoms with Gasteiger partial charge < -0.3 is 5.11 Å². The first kappa shape index (κ1) is 16.0. The van der Waals surface area contributed by atoms with E-state index in [4.69, 9.17) is 0 Å². The number of rotatable bonds is 6. The van der Waals surface area contributed by atoms with E-state index in [2.05, 4.69) is 6.92 Å². The maximum atomic E-state index is 12.1. The molecule has 0 fully saturated rings. The molecule has 0 radical (unpaired) electrons. The van der Waals surface area contributed by atoms with Crippen LogP contribution in [0.25, 0.3) is 0 Å². The van der Waals surface area contributed by atoms with Crippen LogP contribution in [0.15, 0.2) is 24.3 Å². The Labute approximate surface area is 112 Å². The van der Waals surface area contributed by atoms with Crippen molar-refractivity contribution in [1.29, 1.82) is 0 Å². The zero-order valence-corrected chi connectivity index (χ0v) is 11.4. The molecule has 4 heteroatoms. The van der Waals surface area contributed by atoms with Gasteiger partial charge in [0.2, 0.25) is 0 Å². The highest BCUT2D eigenvalue weighted by atomic mass is 19.4. The highest BCUT2D eigenvalue weighted by Crippen LogP contribution is 2.26. The maximum Gasteiger partial charge on any atom is 0.389 e. The largest absolute Gasteiger partial charge is 0.390 e. The van der Waals surface area contributed by atoms with Crippen molar-refractivity contribution in [1.82, 2.24) is 0 Å². The van der Waals surface area contributed by atoms with E-state index in [9.17, 15) is 18.3 Å². The molecular formula is C15H21F3O. The Morgan fingerprint density at radius 1 is 1.00 bits per heavy atom. The molecule has 0 saturated carbocycles. The Morgan fingerprint density at radius 2 is 1.53 bits per heavy atom. The molecule has 1 aromatic rings. The molecule has 1 unspecified atom stereocenters. The molecule has 0 spiro atoms. The van der Waals surface area contributed by atoms with Gasteiger partial charge in [0.05, 0.1) is 5.60 Å². The van der Waals surface area contributed by atoms with E-state index in [0.29, 0.717) is 6.42 Å². The molecule has 1 N–H and O–H groups in total. The molecule has 1 nitrogen and oxygen atoms in total. The molecule has 1 atom stereocenters. The molecule has 0 aliphatic carbocycles. The van der Waals surface area contributed by atoms with Gasteiger partial charge in [-0.3, -0.25) is 0 Å². The van der Waals surface area contributed by atoms with E-state index >= 15 is 0 Å². The van der Waals surface area contributed by atoms with Gasteiger partial charge in [0.25, 0.3) is 0 Å². The fourth-order valence-electron chi connectivity index (χ4n) is 2.09. The van der Waals surface area contributed by atoms with Crippen LogP contribution in [-0.4, -0.2) is 16.9 Å². The molecule has 1 aromatic carbocycles. The van der Waals surface area contributed by atoms with Gasteiger partial charge in [-0.15, -0.1) is 0 Å². The van der Waals surface area contributed by atoms with Crippen LogP contribution in [0.2, 0.25) is 0 Å². The van der Waals surface area contributed by atoms with Crippen molar-refractivity contribution in [3.8, 4) is 0 Å². The standard InChI is InChI=1S/C15H21F3O/c1-3-12-5-7-13(8-6-12)11-14(2,19)9-4-10-15(16,17)18/h5-8,19H,3-4,9-11H2,1-2H3. The zero-order valence-electron chi connectivity index (χ0n) is 11.4. The third-order valence-electron chi connectivity index (χ3n) is 3.19. The van der Waals surface area contributed by atoms with Crippen LogP contribution in [-0.2, 0) is 12.8 Å². The molecular weight excluding hydrogens is 253 g/mol. The Morgan fingerprint density at radius 3 is 2.00 bits per heavy atom. The normalized spacial score (nSPS) is 15.3. The Bertz CT molecular complexity index is 379. The van der Waals surface area contributed by atoms with Gasteiger partial charge >= 0.3 is 6.18 Å². The molecule has 0 bridgehead atoms. The highest BCUT2D eigenvalue weighted by molar-refractivity contribution is 5.23. The summed E-state index contributed by atoms with van der Waals surface area (Å²) in [5, 5.41) is 10.1. The summed E-state index contributed by atoms with van der Waals surface area (Å²) < 4.78 is 36.2. The monoisotopic (exact) mass is 274 g/mol. The molecule has 108 valence electrons. The minimum atomic E-state index is -4.14. The number of hydrogen-bond acceptors (Lipinski definition) is 1. The van der Waals surface area contributed by atoms with Crippen molar-refractivity contribution in [2.75, 3.05) is 0 Å². The lowest BCUT2D eigenvalue weighted by Gasteiger charge is -2.23. The summed E-state index contributed by atoms with van der Waals surface area (Å²) in [6.45, 7) is 3.65. The smallest absolute Gasteiger partial charge is 0.389 e. The summed E-state index contributed by atoms with van der Waals surface area (Å²) >= 11 is 0. The Balaban J connectivity index is 2.48. The number of halogens is 3. The van der Waals surface area contributed by atoms with Crippen LogP contribution in [0.5, 0.6) is 0 Å². The molecule has 0 aliphatic heterocycles. The van der Waals surface area contributed by atoms with Crippen LogP contribution >= 0.6 is 0 Å². The van der Waals surface area contributed by atoms with Crippen LogP contribution in [0, 0.1) is 0 Å². The van der Waals surface area contributed by atoms with E-state index in [0.717, 1.165) is 12.0 Å². The lowest BCUT2D eigenvalue weighted by Crippen LogP contribution is -2.27. The minimum absolute atomic E-state index is 0.0382. The van der Waals surface area contributed by atoms with Gasteiger partial charge in [0, 0.05) is 12.8 Å². The van der Waals surface area contributed by atoms with Crippen LogP contribution in [0.1, 0.15) is 44.2 Å². The second-order valence-corrected chi connectivity index (χ2v) is 5.31. The summed E-state index contributed by atoms with van der Waals surface area (Å²) in [7, 11) is 0. The number of hydrogen-bond donors (Lipinski definition) is 1. The van der Waals surface area contributed by atoms with Crippen LogP contribution in [0.3, 0.4) is 0 Å². The molecule has 0 aromatic heterocycles. The van der Waals surface area contributed by atoms with Crippen molar-refractivity contribution in [2.45, 2.75) is 57.7 Å². The predicted molar refractivity (Wildman–Crippen MR) is 70.1 cm³/mol. The minimum Gasteiger partial charge on any atom is -0.390 e. The lowest BCUT2D eigenvalue weighted by molar-refractivity contribution is -0.137. The number of alkyl halides is 3. The van der Waals surface area contributed by atoms with Crippen molar-refractivity contribution in [2.24, 2.45) is 0 Å². The summed E-state index contributed by atoms with van der Waals surface area (Å²) in [6.07, 6.45) is -3.53. The zero-order chi connectivity index (χ0) is 14.5. The van der Waals surface area contributed by atoms with Crippen LogP contribution in [0.4, 0.5) is 13.2 Å². The van der Waals surface area contributed by atoms with Crippen molar-refractivity contribution in [3.63, 3.8) is 0 Å². The number of aryl methyl sites for hydroxylation is 1. The van der Waals surface area contributed by atoms with E-state index in [1.807, 2.05) is 24.3 Å². The number of aliphatic hydroxyl groups is 1. The second-order valence-electron chi connectivity index (χ2n) is 5.31. The number of benzene rings is 1. The quantitative estimate of drug-likeness (QED) is 0.821. The highest BCUT2D eigenvalue weighted by Gasteiger charge is 2.29. The molecule has 0 saturated heterocycles. The first-order valence-electron chi connectivity index (χ1n) is 6.59. The average Bonchev–Trinajstić information content (AvgIpc) is 2.27. The van der Waals surface area contributed by atoms with E-state index < -0.39 is 18.2 Å². The molecule has 0 amide bonds. The lowest BCUT2D eigenvalue weighted by atomic mass is 9.91. The Kier molecular flexibility index (Phi) is 5.41. The summed E-state index contributed by atoms with van der Waals surface area (Å²) in [5.74, 6) is 0. The van der Waals surface area contributed by atoms with Gasteiger partial charge in [-0.1, -0.05) is 31.2 Å². The summed E-state index contributed by atoms with van der Waals surface area (Å²) in [6, 6.07) is 7.83. The fraction of sp³-hybridized carbons (Fsp3) is 0.600. The first-order chi connectivity index (χ1) is 8.72. The fourth-order valence-corrected chi connectivity index (χ4v) is 2.09. The van der Waals surface area contributed by atoms with Crippen molar-refractivity contribution in [3.05, 3.63) is 35.4 Å². The van der Waals surface area contributed by atoms with Gasteiger partial charge in [0.1, 0.15) is 0 Å².